The summed E-state index contributed by atoms with van der Waals surface area (Å²) in [5.74, 6) is -0.204. The Kier molecular flexibility index (Phi) is 1.97. The zero-order chi connectivity index (χ0) is 4.99. The van der Waals surface area contributed by atoms with E-state index in [4.69, 9.17) is 10.8 Å². The molecule has 0 spiro atoms. The molecule has 0 unspecified atom stereocenters. The summed E-state index contributed by atoms with van der Waals surface area (Å²) in [6.07, 6.45) is 2.72. The lowest BCUT2D eigenvalue weighted by Gasteiger charge is -1.78. The molecule has 2 nitrogen and oxygen atoms in total. The molecule has 0 aliphatic rings. The fourth-order valence-corrected chi connectivity index (χ4v) is 0.121. The van der Waals surface area contributed by atoms with Crippen molar-refractivity contribution < 1.29 is 5.11 Å². The molecule has 3 N–H and O–H groups in total. The van der Waals surface area contributed by atoms with Gasteiger partial charge < -0.3 is 10.8 Å². The first-order chi connectivity index (χ1) is 2.77. The topological polar surface area (TPSA) is 46.2 Å². The Hall–Kier alpha value is -0.920. The summed E-state index contributed by atoms with van der Waals surface area (Å²) < 4.78 is 0. The first-order valence-corrected chi connectivity index (χ1v) is 1.54. The molecule has 2 heteroatoms. The van der Waals surface area contributed by atoms with Crippen LogP contribution in [0.15, 0.2) is 24.6 Å². The first-order valence-electron chi connectivity index (χ1n) is 1.54. The molecule has 0 aromatic rings. The second kappa shape index (κ2) is 2.33. The second-order valence-electron chi connectivity index (χ2n) is 0.827. The Bertz CT molecular complexity index is 71.6. The van der Waals surface area contributed by atoms with Crippen LogP contribution in [0.4, 0.5) is 0 Å². The number of hydrogen-bond donors (Lipinski definition) is 2. The molecule has 0 saturated heterocycles. The number of rotatable bonds is 1. The molecular weight excluding hydrogens is 78.0 g/mol. The van der Waals surface area contributed by atoms with Gasteiger partial charge in [-0.15, -0.1) is 0 Å². The molecule has 0 fully saturated rings. The third-order valence-electron chi connectivity index (χ3n) is 0.289. The Labute approximate surface area is 36.6 Å². The first kappa shape index (κ1) is 5.08. The van der Waals surface area contributed by atoms with E-state index in [1.54, 1.807) is 0 Å². The molecule has 0 atom stereocenters. The summed E-state index contributed by atoms with van der Waals surface area (Å²) in [6.45, 7) is 3.28. The summed E-state index contributed by atoms with van der Waals surface area (Å²) in [4.78, 5) is 0. The molecular formula is C4H7NO. The molecule has 0 aliphatic heterocycles. The van der Waals surface area contributed by atoms with Crippen LogP contribution in [0.3, 0.4) is 0 Å². The number of hydrogen-bond acceptors (Lipinski definition) is 2. The highest BCUT2D eigenvalue weighted by atomic mass is 16.3. The van der Waals surface area contributed by atoms with E-state index in [2.05, 4.69) is 6.58 Å². The molecule has 0 bridgehead atoms. The predicted octanol–water partition coefficient (Wildman–Crippen LogP) is 0.530. The number of allylic oxidation sites excluding steroid dienone is 2. The maximum atomic E-state index is 8.12. The SMILES string of the molecule is C=C/C=C(\N)O. The van der Waals surface area contributed by atoms with Crippen molar-refractivity contribution in [2.75, 3.05) is 0 Å². The Balaban J connectivity index is 3.41. The van der Waals surface area contributed by atoms with E-state index >= 15 is 0 Å². The lowest BCUT2D eigenvalue weighted by atomic mass is 10.6. The average Bonchev–Trinajstić information content (AvgIpc) is 1.35. The fourth-order valence-electron chi connectivity index (χ4n) is 0.121. The van der Waals surface area contributed by atoms with Gasteiger partial charge in [-0.25, -0.2) is 0 Å². The van der Waals surface area contributed by atoms with E-state index < -0.39 is 0 Å². The highest BCUT2D eigenvalue weighted by molar-refractivity contribution is 4.98. The summed E-state index contributed by atoms with van der Waals surface area (Å²) >= 11 is 0. The van der Waals surface area contributed by atoms with Gasteiger partial charge in [-0.3, -0.25) is 0 Å². The van der Waals surface area contributed by atoms with Crippen LogP contribution in [0, 0.1) is 0 Å². The third kappa shape index (κ3) is 3.08. The molecule has 34 valence electrons. The molecule has 6 heavy (non-hydrogen) atoms. The summed E-state index contributed by atoms with van der Waals surface area (Å²) in [5, 5.41) is 8.12. The summed E-state index contributed by atoms with van der Waals surface area (Å²) in [6, 6.07) is 0. The van der Waals surface area contributed by atoms with Crippen LogP contribution in [0.5, 0.6) is 0 Å². The molecule has 0 saturated carbocycles. The van der Waals surface area contributed by atoms with E-state index in [-0.39, 0.29) is 5.88 Å². The van der Waals surface area contributed by atoms with Gasteiger partial charge in [0.05, 0.1) is 0 Å². The smallest absolute Gasteiger partial charge is 0.181 e. The highest BCUT2D eigenvalue weighted by Gasteiger charge is 1.66. The quantitative estimate of drug-likeness (QED) is 0.360. The van der Waals surface area contributed by atoms with Gasteiger partial charge in [-0.1, -0.05) is 12.7 Å². The highest BCUT2D eigenvalue weighted by Crippen LogP contribution is 1.71. The van der Waals surface area contributed by atoms with Crippen molar-refractivity contribution in [1.82, 2.24) is 0 Å². The lowest BCUT2D eigenvalue weighted by molar-refractivity contribution is 0.406. The van der Waals surface area contributed by atoms with Crippen LogP contribution in [-0.2, 0) is 0 Å². The number of nitrogens with two attached hydrogens (primary N) is 1. The van der Waals surface area contributed by atoms with E-state index in [0.29, 0.717) is 0 Å². The molecule has 0 radical (unpaired) electrons. The van der Waals surface area contributed by atoms with Crippen molar-refractivity contribution in [2.45, 2.75) is 0 Å². The van der Waals surface area contributed by atoms with Crippen molar-refractivity contribution in [2.24, 2.45) is 5.73 Å². The molecule has 0 aromatic carbocycles. The molecule has 0 aromatic heterocycles. The predicted molar refractivity (Wildman–Crippen MR) is 25.1 cm³/mol. The monoisotopic (exact) mass is 85.1 g/mol. The normalized spacial score (nSPS) is 11.0. The molecule has 0 aliphatic carbocycles. The van der Waals surface area contributed by atoms with Gasteiger partial charge in [-0.2, -0.15) is 0 Å². The Morgan fingerprint density at radius 1 is 1.83 bits per heavy atom. The summed E-state index contributed by atoms with van der Waals surface area (Å²) in [7, 11) is 0. The van der Waals surface area contributed by atoms with E-state index in [1.807, 2.05) is 0 Å². The van der Waals surface area contributed by atoms with Crippen LogP contribution in [-0.4, -0.2) is 5.11 Å². The fraction of sp³-hybridized carbons (Fsp3) is 0. The van der Waals surface area contributed by atoms with Crippen LogP contribution in [0.25, 0.3) is 0 Å². The van der Waals surface area contributed by atoms with Crippen molar-refractivity contribution >= 4 is 0 Å². The van der Waals surface area contributed by atoms with Crippen molar-refractivity contribution in [3.63, 3.8) is 0 Å². The largest absolute Gasteiger partial charge is 0.495 e. The zero-order valence-corrected chi connectivity index (χ0v) is 3.39. The van der Waals surface area contributed by atoms with Gasteiger partial charge in [-0.05, 0) is 6.08 Å². The van der Waals surface area contributed by atoms with Crippen LogP contribution < -0.4 is 5.73 Å². The third-order valence-corrected chi connectivity index (χ3v) is 0.289. The Morgan fingerprint density at radius 2 is 2.33 bits per heavy atom. The maximum Gasteiger partial charge on any atom is 0.181 e. The average molecular weight is 85.1 g/mol. The molecule has 0 heterocycles. The van der Waals surface area contributed by atoms with Gasteiger partial charge in [0.15, 0.2) is 5.88 Å². The van der Waals surface area contributed by atoms with Crippen molar-refractivity contribution in [3.05, 3.63) is 24.6 Å². The van der Waals surface area contributed by atoms with Crippen molar-refractivity contribution in [3.8, 4) is 0 Å². The maximum absolute atomic E-state index is 8.12. The minimum absolute atomic E-state index is 0.204. The van der Waals surface area contributed by atoms with E-state index in [9.17, 15) is 0 Å². The van der Waals surface area contributed by atoms with Gasteiger partial charge >= 0.3 is 0 Å². The van der Waals surface area contributed by atoms with Crippen LogP contribution in [0.2, 0.25) is 0 Å². The van der Waals surface area contributed by atoms with E-state index in [1.165, 1.54) is 12.2 Å². The van der Waals surface area contributed by atoms with Crippen molar-refractivity contribution in [1.29, 1.82) is 0 Å². The zero-order valence-electron chi connectivity index (χ0n) is 3.39. The van der Waals surface area contributed by atoms with Gasteiger partial charge in [0.1, 0.15) is 0 Å². The minimum atomic E-state index is -0.204. The van der Waals surface area contributed by atoms with Gasteiger partial charge in [0, 0.05) is 0 Å². The van der Waals surface area contributed by atoms with Gasteiger partial charge in [0.25, 0.3) is 0 Å². The number of aliphatic hydroxyl groups is 1. The van der Waals surface area contributed by atoms with Gasteiger partial charge in [0.2, 0.25) is 0 Å². The molecule has 0 amide bonds. The van der Waals surface area contributed by atoms with Crippen LogP contribution in [0.1, 0.15) is 0 Å². The minimum Gasteiger partial charge on any atom is -0.495 e. The number of aliphatic hydroxyl groups excluding tert-OH is 1. The Morgan fingerprint density at radius 3 is 2.33 bits per heavy atom. The van der Waals surface area contributed by atoms with Crippen LogP contribution >= 0.6 is 0 Å². The summed E-state index contributed by atoms with van der Waals surface area (Å²) in [5.41, 5.74) is 4.75. The molecule has 0 rings (SSSR count). The second-order valence-corrected chi connectivity index (χ2v) is 0.827. The standard InChI is InChI=1S/C4H7NO/c1-2-3-4(5)6/h2-3,6H,1,5H2/b4-3+. The lowest BCUT2D eigenvalue weighted by Crippen LogP contribution is -1.91. The van der Waals surface area contributed by atoms with E-state index in [0.717, 1.165) is 0 Å².